The molecule has 1 saturated heterocycles. The molecule has 3 rings (SSSR count). The van der Waals surface area contributed by atoms with Gasteiger partial charge in [-0.2, -0.15) is 4.98 Å². The standard InChI is InChI=1S/C20H29N5O2/c1-4-19-22-18(23-27-19)14-24(3)20(26)21-10-12-25-11-9-16(13-25)17-8-6-5-7-15(17)2/h5-8,16H,4,9-14H2,1-3H3,(H,21,26)/t16-/m0/s1. The number of nitrogens with zero attached hydrogens (tertiary/aromatic N) is 4. The Bertz CT molecular complexity index is 760. The Balaban J connectivity index is 1.39. The monoisotopic (exact) mass is 371 g/mol. The summed E-state index contributed by atoms with van der Waals surface area (Å²) in [6.45, 7) is 8.11. The third-order valence-corrected chi connectivity index (χ3v) is 5.14. The van der Waals surface area contributed by atoms with E-state index in [-0.39, 0.29) is 6.03 Å². The number of likely N-dealkylation sites (tertiary alicyclic amines) is 1. The number of nitrogens with one attached hydrogen (secondary N) is 1. The molecule has 0 unspecified atom stereocenters. The van der Waals surface area contributed by atoms with E-state index in [4.69, 9.17) is 4.52 Å². The summed E-state index contributed by atoms with van der Waals surface area (Å²) in [5.74, 6) is 1.72. The summed E-state index contributed by atoms with van der Waals surface area (Å²) in [6.07, 6.45) is 1.87. The summed E-state index contributed by atoms with van der Waals surface area (Å²) in [5, 5.41) is 6.86. The maximum absolute atomic E-state index is 12.2. The number of hydrogen-bond acceptors (Lipinski definition) is 5. The fourth-order valence-electron chi connectivity index (χ4n) is 3.57. The summed E-state index contributed by atoms with van der Waals surface area (Å²) in [4.78, 5) is 20.5. The number of carbonyl (C=O) groups excluding carboxylic acids is 1. The first-order valence-electron chi connectivity index (χ1n) is 9.65. The van der Waals surface area contributed by atoms with Crippen LogP contribution in [0.1, 0.15) is 42.1 Å². The van der Waals surface area contributed by atoms with Crippen LogP contribution in [0, 0.1) is 6.92 Å². The van der Waals surface area contributed by atoms with Crippen LogP contribution in [0.3, 0.4) is 0 Å². The molecule has 0 bridgehead atoms. The van der Waals surface area contributed by atoms with E-state index < -0.39 is 0 Å². The highest BCUT2D eigenvalue weighted by atomic mass is 16.5. The van der Waals surface area contributed by atoms with Gasteiger partial charge in [0.2, 0.25) is 5.89 Å². The second-order valence-corrected chi connectivity index (χ2v) is 7.19. The molecule has 2 heterocycles. The largest absolute Gasteiger partial charge is 0.339 e. The Hall–Kier alpha value is -2.41. The van der Waals surface area contributed by atoms with Crippen molar-refractivity contribution in [2.24, 2.45) is 0 Å². The van der Waals surface area contributed by atoms with Gasteiger partial charge in [0.1, 0.15) is 0 Å². The molecule has 1 aromatic carbocycles. The highest BCUT2D eigenvalue weighted by Gasteiger charge is 2.24. The zero-order valence-electron chi connectivity index (χ0n) is 16.4. The first kappa shape index (κ1) is 19.4. The van der Waals surface area contributed by atoms with Crippen molar-refractivity contribution in [3.05, 3.63) is 47.1 Å². The lowest BCUT2D eigenvalue weighted by Crippen LogP contribution is -2.40. The van der Waals surface area contributed by atoms with E-state index in [2.05, 4.69) is 51.5 Å². The third-order valence-electron chi connectivity index (χ3n) is 5.14. The number of aromatic nitrogens is 2. The average molecular weight is 371 g/mol. The number of hydrogen-bond donors (Lipinski definition) is 1. The molecule has 0 spiro atoms. The maximum Gasteiger partial charge on any atom is 0.317 e. The zero-order chi connectivity index (χ0) is 19.2. The Morgan fingerprint density at radius 3 is 2.96 bits per heavy atom. The topological polar surface area (TPSA) is 74.5 Å². The van der Waals surface area contributed by atoms with Gasteiger partial charge in [-0.15, -0.1) is 0 Å². The van der Waals surface area contributed by atoms with E-state index in [1.165, 1.54) is 17.5 Å². The minimum Gasteiger partial charge on any atom is -0.339 e. The number of urea groups is 1. The smallest absolute Gasteiger partial charge is 0.317 e. The molecule has 146 valence electrons. The molecule has 7 heteroatoms. The summed E-state index contributed by atoms with van der Waals surface area (Å²) < 4.78 is 5.07. The van der Waals surface area contributed by atoms with Gasteiger partial charge in [0.15, 0.2) is 5.82 Å². The van der Waals surface area contributed by atoms with Crippen LogP contribution < -0.4 is 5.32 Å². The molecule has 0 saturated carbocycles. The number of aryl methyl sites for hydroxylation is 2. The predicted molar refractivity (Wildman–Crippen MR) is 104 cm³/mol. The Kier molecular flexibility index (Phi) is 6.45. The van der Waals surface area contributed by atoms with E-state index in [0.717, 1.165) is 19.6 Å². The quantitative estimate of drug-likeness (QED) is 0.810. The first-order valence-corrected chi connectivity index (χ1v) is 9.65. The molecule has 2 aromatic rings. The van der Waals surface area contributed by atoms with Gasteiger partial charge in [-0.3, -0.25) is 0 Å². The van der Waals surface area contributed by atoms with Crippen molar-refractivity contribution in [1.82, 2.24) is 25.3 Å². The molecule has 7 nitrogen and oxygen atoms in total. The lowest BCUT2D eigenvalue weighted by Gasteiger charge is -2.19. The van der Waals surface area contributed by atoms with Crippen molar-refractivity contribution >= 4 is 6.03 Å². The molecule has 1 aliphatic rings. The van der Waals surface area contributed by atoms with Crippen molar-refractivity contribution in [3.63, 3.8) is 0 Å². The summed E-state index contributed by atoms with van der Waals surface area (Å²) in [6, 6.07) is 8.51. The first-order chi connectivity index (χ1) is 13.1. The molecule has 0 radical (unpaired) electrons. The Morgan fingerprint density at radius 2 is 2.22 bits per heavy atom. The average Bonchev–Trinajstić information content (AvgIpc) is 3.31. The van der Waals surface area contributed by atoms with Gasteiger partial charge < -0.3 is 19.6 Å². The Morgan fingerprint density at radius 1 is 1.41 bits per heavy atom. The zero-order valence-corrected chi connectivity index (χ0v) is 16.4. The van der Waals surface area contributed by atoms with E-state index in [1.54, 1.807) is 11.9 Å². The predicted octanol–water partition coefficient (Wildman–Crippen LogP) is 2.57. The molecular weight excluding hydrogens is 342 g/mol. The normalized spacial score (nSPS) is 17.2. The second kappa shape index (κ2) is 8.99. The SMILES string of the molecule is CCc1nc(CN(C)C(=O)NCCN2CC[C@H](c3ccccc3C)C2)no1. The molecule has 0 aliphatic carbocycles. The number of amides is 2. The van der Waals surface area contributed by atoms with Crippen LogP contribution in [-0.4, -0.2) is 59.2 Å². The van der Waals surface area contributed by atoms with E-state index in [1.807, 2.05) is 6.92 Å². The van der Waals surface area contributed by atoms with Crippen LogP contribution in [0.2, 0.25) is 0 Å². The fourth-order valence-corrected chi connectivity index (χ4v) is 3.57. The third kappa shape index (κ3) is 5.07. The summed E-state index contributed by atoms with van der Waals surface area (Å²) in [7, 11) is 1.74. The van der Waals surface area contributed by atoms with Crippen LogP contribution in [-0.2, 0) is 13.0 Å². The number of benzene rings is 1. The van der Waals surface area contributed by atoms with Gasteiger partial charge in [0.05, 0.1) is 6.54 Å². The lowest BCUT2D eigenvalue weighted by molar-refractivity contribution is 0.203. The molecule has 27 heavy (non-hydrogen) atoms. The van der Waals surface area contributed by atoms with Crippen LogP contribution in [0.25, 0.3) is 0 Å². The van der Waals surface area contributed by atoms with Crippen LogP contribution >= 0.6 is 0 Å². The van der Waals surface area contributed by atoms with Gasteiger partial charge >= 0.3 is 6.03 Å². The van der Waals surface area contributed by atoms with Crippen molar-refractivity contribution < 1.29 is 9.32 Å². The van der Waals surface area contributed by atoms with Gasteiger partial charge in [-0.25, -0.2) is 4.79 Å². The second-order valence-electron chi connectivity index (χ2n) is 7.19. The molecule has 1 aromatic heterocycles. The Labute approximate surface area is 160 Å². The van der Waals surface area contributed by atoms with Crippen molar-refractivity contribution in [1.29, 1.82) is 0 Å². The van der Waals surface area contributed by atoms with Crippen molar-refractivity contribution in [2.45, 2.75) is 39.2 Å². The van der Waals surface area contributed by atoms with Crippen molar-refractivity contribution in [2.75, 3.05) is 33.2 Å². The fraction of sp³-hybridized carbons (Fsp3) is 0.550. The molecule has 1 aliphatic heterocycles. The van der Waals surface area contributed by atoms with Gasteiger partial charge in [0.25, 0.3) is 0 Å². The molecule has 1 atom stereocenters. The molecule has 2 amide bonds. The van der Waals surface area contributed by atoms with E-state index in [9.17, 15) is 4.79 Å². The minimum absolute atomic E-state index is 0.118. The molecule has 1 N–H and O–H groups in total. The lowest BCUT2D eigenvalue weighted by atomic mass is 9.94. The summed E-state index contributed by atoms with van der Waals surface area (Å²) >= 11 is 0. The summed E-state index contributed by atoms with van der Waals surface area (Å²) in [5.41, 5.74) is 2.82. The van der Waals surface area contributed by atoms with E-state index >= 15 is 0 Å². The molecular formula is C20H29N5O2. The van der Waals surface area contributed by atoms with E-state index in [0.29, 0.717) is 37.1 Å². The highest BCUT2D eigenvalue weighted by molar-refractivity contribution is 5.73. The van der Waals surface area contributed by atoms with Crippen LogP contribution in [0.15, 0.2) is 28.8 Å². The van der Waals surface area contributed by atoms with Crippen molar-refractivity contribution in [3.8, 4) is 0 Å². The highest BCUT2D eigenvalue weighted by Crippen LogP contribution is 2.28. The van der Waals surface area contributed by atoms with Crippen LogP contribution in [0.4, 0.5) is 4.79 Å². The van der Waals surface area contributed by atoms with Gasteiger partial charge in [0, 0.05) is 33.1 Å². The molecule has 1 fully saturated rings. The minimum atomic E-state index is -0.118. The maximum atomic E-state index is 12.2. The van der Waals surface area contributed by atoms with Crippen LogP contribution in [0.5, 0.6) is 0 Å². The number of rotatable bonds is 7. The van der Waals surface area contributed by atoms with Gasteiger partial charge in [-0.05, 0) is 36.9 Å². The van der Waals surface area contributed by atoms with Gasteiger partial charge in [-0.1, -0.05) is 36.3 Å². The number of carbonyl (C=O) groups is 1.